The number of aromatic nitrogens is 1. The van der Waals surface area contributed by atoms with Gasteiger partial charge in [0, 0.05) is 19.6 Å². The van der Waals surface area contributed by atoms with Crippen molar-refractivity contribution in [2.75, 3.05) is 25.0 Å². The molecular weight excluding hydrogens is 190 g/mol. The molecule has 2 rings (SSSR count). The first-order chi connectivity index (χ1) is 7.29. The molecule has 0 bridgehead atoms. The van der Waals surface area contributed by atoms with E-state index in [0.29, 0.717) is 0 Å². The first kappa shape index (κ1) is 10.5. The van der Waals surface area contributed by atoms with Crippen LogP contribution in [0.2, 0.25) is 0 Å². The molecule has 0 spiro atoms. The van der Waals surface area contributed by atoms with E-state index in [1.54, 1.807) is 6.26 Å². The minimum atomic E-state index is 0.749. The van der Waals surface area contributed by atoms with E-state index in [9.17, 15) is 0 Å². The lowest BCUT2D eigenvalue weighted by Crippen LogP contribution is -2.34. The van der Waals surface area contributed by atoms with Gasteiger partial charge in [0.1, 0.15) is 6.26 Å². The maximum Gasteiger partial charge on any atom is 0.297 e. The molecule has 4 nitrogen and oxygen atoms in total. The van der Waals surface area contributed by atoms with Crippen LogP contribution in [-0.4, -0.2) is 25.1 Å². The molecular formula is C11H19N3O. The Kier molecular flexibility index (Phi) is 3.26. The van der Waals surface area contributed by atoms with Gasteiger partial charge < -0.3 is 14.6 Å². The Morgan fingerprint density at radius 2 is 2.53 bits per heavy atom. The Labute approximate surface area is 90.7 Å². The summed E-state index contributed by atoms with van der Waals surface area (Å²) in [5.74, 6) is 0.749. The van der Waals surface area contributed by atoms with Gasteiger partial charge in [-0.2, -0.15) is 4.98 Å². The zero-order valence-electron chi connectivity index (χ0n) is 9.49. The third-order valence-corrected chi connectivity index (χ3v) is 2.83. The standard InChI is InChI=1S/C11H19N3O/c1-9-4-3-5-14(7-9)11-13-10(6-12-2)8-15-11/h8-9,12H,3-7H2,1-2H3. The van der Waals surface area contributed by atoms with Gasteiger partial charge in [-0.05, 0) is 25.8 Å². The van der Waals surface area contributed by atoms with E-state index >= 15 is 0 Å². The van der Waals surface area contributed by atoms with E-state index in [-0.39, 0.29) is 0 Å². The highest BCUT2D eigenvalue weighted by Gasteiger charge is 2.20. The summed E-state index contributed by atoms with van der Waals surface area (Å²) in [6.45, 7) is 5.19. The highest BCUT2D eigenvalue weighted by Crippen LogP contribution is 2.22. The first-order valence-electron chi connectivity index (χ1n) is 5.63. The van der Waals surface area contributed by atoms with Crippen LogP contribution in [0.1, 0.15) is 25.5 Å². The lowest BCUT2D eigenvalue weighted by Gasteiger charge is -2.29. The second-order valence-corrected chi connectivity index (χ2v) is 4.35. The maximum absolute atomic E-state index is 5.48. The molecule has 1 atom stereocenters. The summed E-state index contributed by atoms with van der Waals surface area (Å²) in [5, 5.41) is 3.07. The Morgan fingerprint density at radius 3 is 3.27 bits per heavy atom. The molecule has 1 fully saturated rings. The van der Waals surface area contributed by atoms with E-state index < -0.39 is 0 Å². The van der Waals surface area contributed by atoms with Crippen molar-refractivity contribution in [3.05, 3.63) is 12.0 Å². The monoisotopic (exact) mass is 209 g/mol. The van der Waals surface area contributed by atoms with Crippen LogP contribution < -0.4 is 10.2 Å². The van der Waals surface area contributed by atoms with E-state index in [0.717, 1.165) is 37.3 Å². The summed E-state index contributed by atoms with van der Waals surface area (Å²) in [4.78, 5) is 6.70. The number of rotatable bonds is 3. The molecule has 4 heteroatoms. The van der Waals surface area contributed by atoms with Crippen LogP contribution in [0.15, 0.2) is 10.7 Å². The quantitative estimate of drug-likeness (QED) is 0.821. The largest absolute Gasteiger partial charge is 0.432 e. The number of nitrogens with one attached hydrogen (secondary N) is 1. The predicted molar refractivity (Wildman–Crippen MR) is 59.9 cm³/mol. The molecule has 0 radical (unpaired) electrons. The molecule has 1 aliphatic rings. The number of anilines is 1. The average molecular weight is 209 g/mol. The van der Waals surface area contributed by atoms with Crippen molar-refractivity contribution >= 4 is 6.01 Å². The van der Waals surface area contributed by atoms with Crippen LogP contribution >= 0.6 is 0 Å². The lowest BCUT2D eigenvalue weighted by molar-refractivity contribution is 0.416. The van der Waals surface area contributed by atoms with Crippen molar-refractivity contribution in [2.24, 2.45) is 5.92 Å². The van der Waals surface area contributed by atoms with Gasteiger partial charge in [0.2, 0.25) is 0 Å². The van der Waals surface area contributed by atoms with Crippen molar-refractivity contribution in [3.8, 4) is 0 Å². The fourth-order valence-corrected chi connectivity index (χ4v) is 2.07. The molecule has 2 heterocycles. The van der Waals surface area contributed by atoms with Gasteiger partial charge in [-0.1, -0.05) is 6.92 Å². The molecule has 0 aliphatic carbocycles. The van der Waals surface area contributed by atoms with Crippen molar-refractivity contribution in [3.63, 3.8) is 0 Å². The Morgan fingerprint density at radius 1 is 1.67 bits per heavy atom. The van der Waals surface area contributed by atoms with Gasteiger partial charge in [0.15, 0.2) is 0 Å². The van der Waals surface area contributed by atoms with Crippen LogP contribution in [0, 0.1) is 5.92 Å². The second-order valence-electron chi connectivity index (χ2n) is 4.35. The topological polar surface area (TPSA) is 41.3 Å². The van der Waals surface area contributed by atoms with E-state index in [2.05, 4.69) is 22.1 Å². The Balaban J connectivity index is 2.01. The number of piperidine rings is 1. The highest BCUT2D eigenvalue weighted by molar-refractivity contribution is 5.27. The van der Waals surface area contributed by atoms with Gasteiger partial charge in [-0.25, -0.2) is 0 Å². The number of oxazole rings is 1. The average Bonchev–Trinajstić information content (AvgIpc) is 2.67. The summed E-state index contributed by atoms with van der Waals surface area (Å²) >= 11 is 0. The molecule has 1 N–H and O–H groups in total. The minimum absolute atomic E-state index is 0.749. The maximum atomic E-state index is 5.48. The molecule has 1 saturated heterocycles. The van der Waals surface area contributed by atoms with Crippen LogP contribution in [0.4, 0.5) is 6.01 Å². The third kappa shape index (κ3) is 2.50. The molecule has 15 heavy (non-hydrogen) atoms. The van der Waals surface area contributed by atoms with Gasteiger partial charge in [-0.3, -0.25) is 0 Å². The second kappa shape index (κ2) is 4.66. The fraction of sp³-hybridized carbons (Fsp3) is 0.727. The van der Waals surface area contributed by atoms with Crippen molar-refractivity contribution in [1.29, 1.82) is 0 Å². The molecule has 84 valence electrons. The predicted octanol–water partition coefficient (Wildman–Crippen LogP) is 1.63. The van der Waals surface area contributed by atoms with E-state index in [4.69, 9.17) is 4.42 Å². The summed E-state index contributed by atoms with van der Waals surface area (Å²) < 4.78 is 5.48. The number of nitrogens with zero attached hydrogens (tertiary/aromatic N) is 2. The van der Waals surface area contributed by atoms with Crippen LogP contribution in [-0.2, 0) is 6.54 Å². The van der Waals surface area contributed by atoms with Crippen molar-refractivity contribution < 1.29 is 4.42 Å². The summed E-state index contributed by atoms with van der Waals surface area (Å²) in [6, 6.07) is 0.784. The van der Waals surface area contributed by atoms with Crippen LogP contribution in [0.5, 0.6) is 0 Å². The van der Waals surface area contributed by atoms with Crippen LogP contribution in [0.25, 0.3) is 0 Å². The molecule has 0 aromatic carbocycles. The van der Waals surface area contributed by atoms with Crippen molar-refractivity contribution in [1.82, 2.24) is 10.3 Å². The van der Waals surface area contributed by atoms with Crippen LogP contribution in [0.3, 0.4) is 0 Å². The SMILES string of the molecule is CNCc1coc(N2CCCC(C)C2)n1. The molecule has 1 aromatic heterocycles. The smallest absolute Gasteiger partial charge is 0.297 e. The highest BCUT2D eigenvalue weighted by atomic mass is 16.4. The normalized spacial score (nSPS) is 22.0. The van der Waals surface area contributed by atoms with Gasteiger partial charge in [0.05, 0.1) is 5.69 Å². The Hall–Kier alpha value is -1.03. The van der Waals surface area contributed by atoms with Gasteiger partial charge >= 0.3 is 0 Å². The van der Waals surface area contributed by atoms with E-state index in [1.165, 1.54) is 12.8 Å². The van der Waals surface area contributed by atoms with E-state index in [1.807, 2.05) is 7.05 Å². The Bertz CT molecular complexity index is 311. The van der Waals surface area contributed by atoms with Crippen molar-refractivity contribution in [2.45, 2.75) is 26.3 Å². The molecule has 0 amide bonds. The first-order valence-corrected chi connectivity index (χ1v) is 5.63. The molecule has 1 aromatic rings. The van der Waals surface area contributed by atoms with Gasteiger partial charge in [-0.15, -0.1) is 0 Å². The summed E-state index contributed by atoms with van der Waals surface area (Å²) in [7, 11) is 1.91. The number of hydrogen-bond donors (Lipinski definition) is 1. The molecule has 1 aliphatic heterocycles. The molecule has 0 saturated carbocycles. The molecule has 1 unspecified atom stereocenters. The zero-order valence-corrected chi connectivity index (χ0v) is 9.49. The number of hydrogen-bond acceptors (Lipinski definition) is 4. The van der Waals surface area contributed by atoms with Gasteiger partial charge in [0.25, 0.3) is 6.01 Å². The minimum Gasteiger partial charge on any atom is -0.432 e. The lowest BCUT2D eigenvalue weighted by atomic mass is 10.0. The fourth-order valence-electron chi connectivity index (χ4n) is 2.07. The summed E-state index contributed by atoms with van der Waals surface area (Å²) in [5.41, 5.74) is 0.978. The summed E-state index contributed by atoms with van der Waals surface area (Å²) in [6.07, 6.45) is 4.30. The third-order valence-electron chi connectivity index (χ3n) is 2.83. The zero-order chi connectivity index (χ0) is 10.7.